The van der Waals surface area contributed by atoms with Crippen molar-refractivity contribution in [3.05, 3.63) is 0 Å². The number of hydrogen-bond donors (Lipinski definition) is 1. The molecule has 0 aromatic rings. The molecule has 0 aromatic carbocycles. The van der Waals surface area contributed by atoms with E-state index in [9.17, 15) is 0 Å². The van der Waals surface area contributed by atoms with Gasteiger partial charge in [0.2, 0.25) is 0 Å². The van der Waals surface area contributed by atoms with Crippen molar-refractivity contribution in [1.82, 2.24) is 0 Å². The van der Waals surface area contributed by atoms with Crippen molar-refractivity contribution in [2.75, 3.05) is 19.8 Å². The first-order valence-electron chi connectivity index (χ1n) is 4.79. The highest BCUT2D eigenvalue weighted by atomic mass is 16.6. The predicted molar refractivity (Wildman–Crippen MR) is 48.1 cm³/mol. The first kappa shape index (κ1) is 9.96. The molecule has 0 aliphatic carbocycles. The SMILES string of the molecule is CCCCC(N)C1COCCO1. The first-order valence-corrected chi connectivity index (χ1v) is 4.79. The zero-order valence-electron chi connectivity index (χ0n) is 7.79. The fraction of sp³-hybridized carbons (Fsp3) is 1.00. The molecule has 0 saturated carbocycles. The minimum atomic E-state index is 0.130. The second-order valence-electron chi connectivity index (χ2n) is 3.29. The Morgan fingerprint density at radius 2 is 2.33 bits per heavy atom. The van der Waals surface area contributed by atoms with E-state index in [4.69, 9.17) is 15.2 Å². The van der Waals surface area contributed by atoms with E-state index in [-0.39, 0.29) is 12.1 Å². The van der Waals surface area contributed by atoms with Crippen molar-refractivity contribution in [1.29, 1.82) is 0 Å². The lowest BCUT2D eigenvalue weighted by Gasteiger charge is -2.27. The van der Waals surface area contributed by atoms with Gasteiger partial charge in [-0.05, 0) is 6.42 Å². The first-order chi connectivity index (χ1) is 5.84. The third-order valence-corrected chi connectivity index (χ3v) is 2.21. The zero-order valence-corrected chi connectivity index (χ0v) is 7.79. The number of unbranched alkanes of at least 4 members (excludes halogenated alkanes) is 1. The van der Waals surface area contributed by atoms with Crippen LogP contribution in [0.15, 0.2) is 0 Å². The molecule has 1 heterocycles. The molecule has 12 heavy (non-hydrogen) atoms. The summed E-state index contributed by atoms with van der Waals surface area (Å²) in [5, 5.41) is 0. The van der Waals surface area contributed by atoms with Crippen LogP contribution < -0.4 is 5.73 Å². The molecule has 2 atom stereocenters. The zero-order chi connectivity index (χ0) is 8.81. The van der Waals surface area contributed by atoms with Crippen LogP contribution in [0.1, 0.15) is 26.2 Å². The molecule has 2 N–H and O–H groups in total. The molecule has 0 bridgehead atoms. The van der Waals surface area contributed by atoms with Crippen LogP contribution in [0.5, 0.6) is 0 Å². The lowest BCUT2D eigenvalue weighted by atomic mass is 10.1. The number of ether oxygens (including phenoxy) is 2. The van der Waals surface area contributed by atoms with E-state index in [0.29, 0.717) is 13.2 Å². The molecule has 1 aliphatic heterocycles. The minimum Gasteiger partial charge on any atom is -0.376 e. The van der Waals surface area contributed by atoms with Gasteiger partial charge in [-0.15, -0.1) is 0 Å². The average molecular weight is 173 g/mol. The maximum atomic E-state index is 5.93. The van der Waals surface area contributed by atoms with Gasteiger partial charge in [0, 0.05) is 6.04 Å². The predicted octanol–water partition coefficient (Wildman–Crippen LogP) is 0.919. The Hall–Kier alpha value is -0.120. The van der Waals surface area contributed by atoms with Crippen LogP contribution >= 0.6 is 0 Å². The summed E-state index contributed by atoms with van der Waals surface area (Å²) in [5.74, 6) is 0. The summed E-state index contributed by atoms with van der Waals surface area (Å²) >= 11 is 0. The summed E-state index contributed by atoms with van der Waals surface area (Å²) in [6.45, 7) is 4.26. The van der Waals surface area contributed by atoms with Crippen LogP contribution in [0.25, 0.3) is 0 Å². The molecule has 0 aromatic heterocycles. The summed E-state index contributed by atoms with van der Waals surface area (Å²) < 4.78 is 10.8. The highest BCUT2D eigenvalue weighted by Gasteiger charge is 2.20. The summed E-state index contributed by atoms with van der Waals surface area (Å²) in [6, 6.07) is 0.158. The molecule has 0 spiro atoms. The van der Waals surface area contributed by atoms with E-state index in [2.05, 4.69) is 6.92 Å². The smallest absolute Gasteiger partial charge is 0.0959 e. The van der Waals surface area contributed by atoms with E-state index in [1.54, 1.807) is 0 Å². The molecular weight excluding hydrogens is 154 g/mol. The van der Waals surface area contributed by atoms with Crippen LogP contribution in [0.2, 0.25) is 0 Å². The van der Waals surface area contributed by atoms with Crippen LogP contribution in [0.3, 0.4) is 0 Å². The third-order valence-electron chi connectivity index (χ3n) is 2.21. The Bertz CT molecular complexity index is 113. The maximum Gasteiger partial charge on any atom is 0.0959 e. The standard InChI is InChI=1S/C9H19NO2/c1-2-3-4-8(10)9-7-11-5-6-12-9/h8-9H,2-7,10H2,1H3. The second-order valence-corrected chi connectivity index (χ2v) is 3.29. The van der Waals surface area contributed by atoms with E-state index in [1.165, 1.54) is 12.8 Å². The summed E-state index contributed by atoms with van der Waals surface area (Å²) in [6.07, 6.45) is 3.55. The second kappa shape index (κ2) is 5.51. The van der Waals surface area contributed by atoms with Crippen molar-refractivity contribution in [2.24, 2.45) is 5.73 Å². The van der Waals surface area contributed by atoms with E-state index >= 15 is 0 Å². The quantitative estimate of drug-likeness (QED) is 0.687. The van der Waals surface area contributed by atoms with Crippen LogP contribution in [0.4, 0.5) is 0 Å². The Balaban J connectivity index is 2.15. The topological polar surface area (TPSA) is 44.5 Å². The van der Waals surface area contributed by atoms with Gasteiger partial charge in [-0.2, -0.15) is 0 Å². The number of rotatable bonds is 4. The monoisotopic (exact) mass is 173 g/mol. The molecule has 1 aliphatic rings. The lowest BCUT2D eigenvalue weighted by Crippen LogP contribution is -2.43. The van der Waals surface area contributed by atoms with Crippen molar-refractivity contribution >= 4 is 0 Å². The Labute approximate surface area is 74.2 Å². The van der Waals surface area contributed by atoms with Gasteiger partial charge >= 0.3 is 0 Å². The van der Waals surface area contributed by atoms with Crippen LogP contribution in [-0.4, -0.2) is 32.0 Å². The lowest BCUT2D eigenvalue weighted by molar-refractivity contribution is -0.0977. The highest BCUT2D eigenvalue weighted by molar-refractivity contribution is 4.74. The Morgan fingerprint density at radius 3 is 2.92 bits per heavy atom. The van der Waals surface area contributed by atoms with Crippen LogP contribution in [-0.2, 0) is 9.47 Å². The molecule has 0 amide bonds. The van der Waals surface area contributed by atoms with Gasteiger partial charge in [0.1, 0.15) is 0 Å². The van der Waals surface area contributed by atoms with Gasteiger partial charge in [0.25, 0.3) is 0 Å². The average Bonchev–Trinajstić information content (AvgIpc) is 2.15. The molecule has 2 unspecified atom stereocenters. The maximum absolute atomic E-state index is 5.93. The summed E-state index contributed by atoms with van der Waals surface area (Å²) in [7, 11) is 0. The van der Waals surface area contributed by atoms with Gasteiger partial charge in [0.15, 0.2) is 0 Å². The molecule has 1 fully saturated rings. The van der Waals surface area contributed by atoms with Gasteiger partial charge in [-0.3, -0.25) is 0 Å². The van der Waals surface area contributed by atoms with Crippen molar-refractivity contribution < 1.29 is 9.47 Å². The molecule has 0 radical (unpaired) electrons. The van der Waals surface area contributed by atoms with Crippen molar-refractivity contribution in [3.8, 4) is 0 Å². The largest absolute Gasteiger partial charge is 0.376 e. The van der Waals surface area contributed by atoms with Gasteiger partial charge in [-0.1, -0.05) is 19.8 Å². The molecular formula is C9H19NO2. The minimum absolute atomic E-state index is 0.130. The number of nitrogens with two attached hydrogens (primary N) is 1. The number of hydrogen-bond acceptors (Lipinski definition) is 3. The molecule has 72 valence electrons. The van der Waals surface area contributed by atoms with Crippen molar-refractivity contribution in [2.45, 2.75) is 38.3 Å². The fourth-order valence-corrected chi connectivity index (χ4v) is 1.38. The molecule has 3 heteroatoms. The highest BCUT2D eigenvalue weighted by Crippen LogP contribution is 2.09. The van der Waals surface area contributed by atoms with Gasteiger partial charge < -0.3 is 15.2 Å². The third kappa shape index (κ3) is 3.09. The van der Waals surface area contributed by atoms with E-state index in [1.807, 2.05) is 0 Å². The fourth-order valence-electron chi connectivity index (χ4n) is 1.38. The van der Waals surface area contributed by atoms with Gasteiger partial charge in [-0.25, -0.2) is 0 Å². The normalized spacial score (nSPS) is 27.0. The molecule has 1 saturated heterocycles. The molecule has 1 rings (SSSR count). The molecule has 3 nitrogen and oxygen atoms in total. The summed E-state index contributed by atoms with van der Waals surface area (Å²) in [5.41, 5.74) is 5.93. The van der Waals surface area contributed by atoms with Crippen molar-refractivity contribution in [3.63, 3.8) is 0 Å². The Morgan fingerprint density at radius 1 is 1.50 bits per heavy atom. The Kier molecular flexibility index (Phi) is 4.58. The van der Waals surface area contributed by atoms with Crippen LogP contribution in [0, 0.1) is 0 Å². The van der Waals surface area contributed by atoms with E-state index < -0.39 is 0 Å². The van der Waals surface area contributed by atoms with E-state index in [0.717, 1.165) is 13.0 Å². The van der Waals surface area contributed by atoms with Gasteiger partial charge in [0.05, 0.1) is 25.9 Å². The summed E-state index contributed by atoms with van der Waals surface area (Å²) in [4.78, 5) is 0.